The van der Waals surface area contributed by atoms with E-state index in [-0.39, 0.29) is 0 Å². The zero-order chi connectivity index (χ0) is 12.8. The maximum Gasteiger partial charge on any atom is 0.0116 e. The van der Waals surface area contributed by atoms with Gasteiger partial charge < -0.3 is 5.73 Å². The van der Waals surface area contributed by atoms with Gasteiger partial charge in [0.25, 0.3) is 0 Å². The first-order valence-electron chi connectivity index (χ1n) is 8.82. The van der Waals surface area contributed by atoms with Crippen molar-refractivity contribution in [2.24, 2.45) is 17.6 Å². The standard InChI is InChI=1S/C17H30N2/c18-14-10-15-5-2-6-16(11-14)19(15)17-8-12-3-1-4-13(7-12)9-17/h12-17H,1-11,18H2/t12-,13+,14-,15+,16-,17?. The van der Waals surface area contributed by atoms with Crippen molar-refractivity contribution in [2.45, 2.75) is 94.8 Å². The molecule has 2 saturated heterocycles. The Morgan fingerprint density at radius 3 is 1.84 bits per heavy atom. The zero-order valence-corrected chi connectivity index (χ0v) is 12.3. The van der Waals surface area contributed by atoms with Crippen LogP contribution >= 0.6 is 0 Å². The van der Waals surface area contributed by atoms with Gasteiger partial charge in [0.15, 0.2) is 0 Å². The van der Waals surface area contributed by atoms with E-state index in [9.17, 15) is 0 Å². The molecular formula is C17H30N2. The van der Waals surface area contributed by atoms with Gasteiger partial charge >= 0.3 is 0 Å². The monoisotopic (exact) mass is 262 g/mol. The number of rotatable bonds is 1. The van der Waals surface area contributed by atoms with E-state index in [1.54, 1.807) is 6.42 Å². The lowest BCUT2D eigenvalue weighted by Gasteiger charge is -2.55. The SMILES string of the molecule is N[C@H]1C[C@H]2CCC[C@@H](C1)N2C1C[C@H]2CCC[C@@H](C1)C2. The van der Waals surface area contributed by atoms with Gasteiger partial charge in [-0.3, -0.25) is 4.90 Å². The smallest absolute Gasteiger partial charge is 0.0116 e. The average molecular weight is 262 g/mol. The molecule has 2 heteroatoms. The first-order chi connectivity index (χ1) is 9.29. The molecule has 4 rings (SSSR count). The fraction of sp³-hybridized carbons (Fsp3) is 1.00. The van der Waals surface area contributed by atoms with Crippen LogP contribution in [0.4, 0.5) is 0 Å². The third-order valence-electron chi connectivity index (χ3n) is 6.59. The van der Waals surface area contributed by atoms with E-state index in [0.29, 0.717) is 6.04 Å². The molecule has 0 aromatic rings. The Morgan fingerprint density at radius 1 is 0.632 bits per heavy atom. The van der Waals surface area contributed by atoms with E-state index >= 15 is 0 Å². The quantitative estimate of drug-likeness (QED) is 0.785. The van der Waals surface area contributed by atoms with Crippen molar-refractivity contribution < 1.29 is 0 Å². The number of piperidine rings is 2. The van der Waals surface area contributed by atoms with Gasteiger partial charge in [-0.2, -0.15) is 0 Å². The molecule has 108 valence electrons. The summed E-state index contributed by atoms with van der Waals surface area (Å²) in [6.07, 6.45) is 16.0. The van der Waals surface area contributed by atoms with E-state index in [4.69, 9.17) is 5.73 Å². The normalized spacial score (nSPS) is 51.0. The van der Waals surface area contributed by atoms with Crippen LogP contribution in [0, 0.1) is 11.8 Å². The number of nitrogens with two attached hydrogens (primary N) is 1. The molecule has 0 amide bonds. The number of hydrogen-bond acceptors (Lipinski definition) is 2. The van der Waals surface area contributed by atoms with Gasteiger partial charge in [-0.25, -0.2) is 0 Å². The third kappa shape index (κ3) is 2.35. The van der Waals surface area contributed by atoms with Crippen molar-refractivity contribution in [3.8, 4) is 0 Å². The van der Waals surface area contributed by atoms with Crippen molar-refractivity contribution in [3.63, 3.8) is 0 Å². The maximum absolute atomic E-state index is 6.28. The van der Waals surface area contributed by atoms with Crippen LogP contribution in [-0.4, -0.2) is 29.1 Å². The minimum atomic E-state index is 0.495. The average Bonchev–Trinajstić information content (AvgIpc) is 2.37. The second-order valence-corrected chi connectivity index (χ2v) is 7.94. The van der Waals surface area contributed by atoms with Gasteiger partial charge in [0.1, 0.15) is 0 Å². The van der Waals surface area contributed by atoms with E-state index < -0.39 is 0 Å². The largest absolute Gasteiger partial charge is 0.328 e. The third-order valence-corrected chi connectivity index (χ3v) is 6.59. The lowest BCUT2D eigenvalue weighted by molar-refractivity contribution is -0.0401. The van der Waals surface area contributed by atoms with Gasteiger partial charge in [0, 0.05) is 24.2 Å². The highest BCUT2D eigenvalue weighted by Crippen LogP contribution is 2.45. The van der Waals surface area contributed by atoms with Crippen LogP contribution in [0.25, 0.3) is 0 Å². The Kier molecular flexibility index (Phi) is 3.35. The van der Waals surface area contributed by atoms with E-state index in [1.807, 2.05) is 0 Å². The van der Waals surface area contributed by atoms with Gasteiger partial charge in [-0.1, -0.05) is 25.7 Å². The van der Waals surface area contributed by atoms with Crippen LogP contribution in [0.5, 0.6) is 0 Å². The second-order valence-electron chi connectivity index (χ2n) is 7.94. The van der Waals surface area contributed by atoms with Gasteiger partial charge in [0.2, 0.25) is 0 Å². The van der Waals surface area contributed by atoms with Crippen molar-refractivity contribution in [3.05, 3.63) is 0 Å². The molecular weight excluding hydrogens is 232 g/mol. The Hall–Kier alpha value is -0.0800. The Balaban J connectivity index is 1.51. The van der Waals surface area contributed by atoms with Crippen LogP contribution in [0.2, 0.25) is 0 Å². The predicted octanol–water partition coefficient (Wildman–Crippen LogP) is 3.30. The summed E-state index contributed by atoms with van der Waals surface area (Å²) in [7, 11) is 0. The summed E-state index contributed by atoms with van der Waals surface area (Å²) in [4.78, 5) is 2.98. The summed E-state index contributed by atoms with van der Waals surface area (Å²) in [6, 6.07) is 3.10. The lowest BCUT2D eigenvalue weighted by Crippen LogP contribution is -2.60. The summed E-state index contributed by atoms with van der Waals surface area (Å²) in [6.45, 7) is 0. The molecule has 4 fully saturated rings. The zero-order valence-electron chi connectivity index (χ0n) is 12.3. The van der Waals surface area contributed by atoms with Crippen molar-refractivity contribution in [2.75, 3.05) is 0 Å². The van der Waals surface area contributed by atoms with Crippen molar-refractivity contribution in [1.82, 2.24) is 4.90 Å². The summed E-state index contributed by atoms with van der Waals surface area (Å²) in [5.74, 6) is 2.13. The maximum atomic E-state index is 6.28. The number of nitrogens with zero attached hydrogens (tertiary/aromatic N) is 1. The van der Waals surface area contributed by atoms with Gasteiger partial charge in [-0.15, -0.1) is 0 Å². The molecule has 0 aromatic heterocycles. The molecule has 4 bridgehead atoms. The Morgan fingerprint density at radius 2 is 1.21 bits per heavy atom. The molecule has 0 radical (unpaired) electrons. The first kappa shape index (κ1) is 12.6. The van der Waals surface area contributed by atoms with Crippen LogP contribution in [0.1, 0.15) is 70.6 Å². The highest BCUT2D eigenvalue weighted by Gasteiger charge is 2.43. The minimum absolute atomic E-state index is 0.495. The summed E-state index contributed by atoms with van der Waals surface area (Å²) in [5.41, 5.74) is 6.28. The van der Waals surface area contributed by atoms with Crippen molar-refractivity contribution >= 4 is 0 Å². The fourth-order valence-electron chi connectivity index (χ4n) is 6.00. The van der Waals surface area contributed by atoms with E-state index in [2.05, 4.69) is 4.90 Å². The van der Waals surface area contributed by atoms with Crippen LogP contribution in [0.15, 0.2) is 0 Å². The molecule has 19 heavy (non-hydrogen) atoms. The summed E-state index contributed by atoms with van der Waals surface area (Å²) >= 11 is 0. The highest BCUT2D eigenvalue weighted by atomic mass is 15.2. The number of fused-ring (bicyclic) bond motifs is 4. The highest BCUT2D eigenvalue weighted by molar-refractivity contribution is 4.99. The lowest BCUT2D eigenvalue weighted by atomic mass is 9.68. The summed E-state index contributed by atoms with van der Waals surface area (Å²) in [5, 5.41) is 0. The molecule has 1 unspecified atom stereocenters. The molecule has 2 nitrogen and oxygen atoms in total. The molecule has 2 heterocycles. The van der Waals surface area contributed by atoms with Crippen LogP contribution < -0.4 is 5.73 Å². The fourth-order valence-corrected chi connectivity index (χ4v) is 6.00. The molecule has 0 spiro atoms. The van der Waals surface area contributed by atoms with E-state index in [0.717, 1.165) is 30.0 Å². The second kappa shape index (κ2) is 5.04. The number of hydrogen-bond donors (Lipinski definition) is 1. The Labute approximate surface area is 118 Å². The summed E-state index contributed by atoms with van der Waals surface area (Å²) < 4.78 is 0. The molecule has 4 aliphatic rings. The first-order valence-corrected chi connectivity index (χ1v) is 8.82. The predicted molar refractivity (Wildman–Crippen MR) is 78.9 cm³/mol. The van der Waals surface area contributed by atoms with Crippen LogP contribution in [0.3, 0.4) is 0 Å². The van der Waals surface area contributed by atoms with Crippen molar-refractivity contribution in [1.29, 1.82) is 0 Å². The molecule has 2 N–H and O–H groups in total. The molecule has 2 aliphatic carbocycles. The van der Waals surface area contributed by atoms with Gasteiger partial charge in [0.05, 0.1) is 0 Å². The minimum Gasteiger partial charge on any atom is -0.328 e. The topological polar surface area (TPSA) is 29.3 Å². The van der Waals surface area contributed by atoms with Gasteiger partial charge in [-0.05, 0) is 56.8 Å². The molecule has 6 atom stereocenters. The molecule has 2 aliphatic heterocycles. The molecule has 2 saturated carbocycles. The van der Waals surface area contributed by atoms with E-state index in [1.165, 1.54) is 64.2 Å². The van der Waals surface area contributed by atoms with Crippen LogP contribution in [-0.2, 0) is 0 Å². The Bertz CT molecular complexity index is 303. The molecule has 0 aromatic carbocycles.